The Morgan fingerprint density at radius 3 is 1.81 bits per heavy atom. The van der Waals surface area contributed by atoms with Crippen molar-refractivity contribution >= 4 is 0 Å². The summed E-state index contributed by atoms with van der Waals surface area (Å²) in [5.41, 5.74) is 0.959. The Hall–Kier alpha value is -2.90. The molecule has 4 rings (SSSR count). The molecule has 0 aliphatic carbocycles. The van der Waals surface area contributed by atoms with E-state index in [0.717, 1.165) is 44.9 Å². The lowest BCUT2D eigenvalue weighted by Crippen LogP contribution is -2.27. The Balaban J connectivity index is 1.38. The molecule has 0 spiro atoms. The summed E-state index contributed by atoms with van der Waals surface area (Å²) in [5, 5.41) is 0. The van der Waals surface area contributed by atoms with E-state index < -0.39 is 29.6 Å². The minimum atomic E-state index is -1.04. The van der Waals surface area contributed by atoms with Gasteiger partial charge >= 0.3 is 0 Å². The smallest absolute Gasteiger partial charge is 0.201 e. The second-order valence-corrected chi connectivity index (χ2v) is 11.1. The quantitative estimate of drug-likeness (QED) is 0.131. The second-order valence-electron chi connectivity index (χ2n) is 11.1. The molecule has 3 aromatic carbocycles. The molecule has 0 amide bonds. The van der Waals surface area contributed by atoms with Gasteiger partial charge in [-0.15, -0.1) is 0 Å². The van der Waals surface area contributed by atoms with Crippen molar-refractivity contribution in [3.05, 3.63) is 77.4 Å². The normalized spacial score (nSPS) is 17.0. The van der Waals surface area contributed by atoms with Crippen LogP contribution in [0, 0.1) is 29.2 Å². The lowest BCUT2D eigenvalue weighted by molar-refractivity contribution is -0.207. The molecule has 0 aromatic heterocycles. The molecule has 1 fully saturated rings. The van der Waals surface area contributed by atoms with E-state index in [4.69, 9.17) is 14.2 Å². The lowest BCUT2D eigenvalue weighted by Gasteiger charge is -2.30. The van der Waals surface area contributed by atoms with E-state index in [0.29, 0.717) is 30.9 Å². The molecule has 42 heavy (non-hydrogen) atoms. The molecule has 0 N–H and O–H groups in total. The molecular formula is C35H42F4O3. The fraction of sp³-hybridized carbons (Fsp3) is 0.486. The Bertz CT molecular complexity index is 1270. The highest BCUT2D eigenvalue weighted by Gasteiger charge is 2.28. The van der Waals surface area contributed by atoms with Crippen LogP contribution in [0.4, 0.5) is 17.6 Å². The van der Waals surface area contributed by atoms with E-state index in [1.807, 2.05) is 0 Å². The Labute approximate surface area is 247 Å². The van der Waals surface area contributed by atoms with Gasteiger partial charge in [0.15, 0.2) is 29.5 Å². The van der Waals surface area contributed by atoms with Gasteiger partial charge in [-0.2, -0.15) is 4.39 Å². The highest BCUT2D eigenvalue weighted by Crippen LogP contribution is 2.35. The van der Waals surface area contributed by atoms with Gasteiger partial charge in [-0.3, -0.25) is 0 Å². The number of rotatable bonds is 15. The minimum absolute atomic E-state index is 0.0243. The number of benzene rings is 3. The van der Waals surface area contributed by atoms with Crippen molar-refractivity contribution in [1.29, 1.82) is 0 Å². The molecule has 1 aliphatic heterocycles. The molecule has 0 bridgehead atoms. The van der Waals surface area contributed by atoms with Crippen LogP contribution in [0.25, 0.3) is 22.3 Å². The number of hydrogen-bond acceptors (Lipinski definition) is 3. The van der Waals surface area contributed by atoms with E-state index in [2.05, 4.69) is 13.8 Å². The van der Waals surface area contributed by atoms with Crippen molar-refractivity contribution in [2.24, 2.45) is 5.92 Å². The zero-order chi connectivity index (χ0) is 29.9. The summed E-state index contributed by atoms with van der Waals surface area (Å²) >= 11 is 0. The van der Waals surface area contributed by atoms with E-state index in [1.165, 1.54) is 43.5 Å². The van der Waals surface area contributed by atoms with Crippen LogP contribution in [0.1, 0.15) is 89.9 Å². The maximum atomic E-state index is 15.2. The molecule has 7 heteroatoms. The average molecular weight is 587 g/mol. The van der Waals surface area contributed by atoms with Crippen molar-refractivity contribution in [2.45, 2.75) is 84.3 Å². The molecule has 0 saturated carbocycles. The zero-order valence-corrected chi connectivity index (χ0v) is 24.7. The minimum Gasteiger partial charge on any atom is -0.490 e. The first kappa shape index (κ1) is 32.0. The fourth-order valence-electron chi connectivity index (χ4n) is 5.30. The first-order valence-electron chi connectivity index (χ1n) is 15.4. The Kier molecular flexibility index (Phi) is 12.3. The van der Waals surface area contributed by atoms with Crippen molar-refractivity contribution in [1.82, 2.24) is 0 Å². The molecule has 0 unspecified atom stereocenters. The van der Waals surface area contributed by atoms with E-state index in [1.54, 1.807) is 24.3 Å². The summed E-state index contributed by atoms with van der Waals surface area (Å²) in [5.74, 6) is -3.93. The van der Waals surface area contributed by atoms with Crippen molar-refractivity contribution in [3.63, 3.8) is 0 Å². The molecule has 0 radical (unpaired) electrons. The number of unbranched alkanes of at least 4 members (excludes halogenated alkanes) is 7. The molecule has 228 valence electrons. The van der Waals surface area contributed by atoms with Crippen molar-refractivity contribution in [3.8, 4) is 28.0 Å². The van der Waals surface area contributed by atoms with Crippen LogP contribution in [0.3, 0.4) is 0 Å². The van der Waals surface area contributed by atoms with Gasteiger partial charge in [0.1, 0.15) is 0 Å². The van der Waals surface area contributed by atoms with Gasteiger partial charge in [-0.25, -0.2) is 13.2 Å². The van der Waals surface area contributed by atoms with Gasteiger partial charge in [0.2, 0.25) is 5.82 Å². The fourth-order valence-corrected chi connectivity index (χ4v) is 5.30. The van der Waals surface area contributed by atoms with Gasteiger partial charge < -0.3 is 14.2 Å². The third-order valence-electron chi connectivity index (χ3n) is 7.86. The van der Waals surface area contributed by atoms with Crippen LogP contribution in [0.2, 0.25) is 0 Å². The average Bonchev–Trinajstić information content (AvgIpc) is 3.01. The molecule has 1 aliphatic rings. The SMILES string of the molecule is CCCCCCCCOc1ccc(-c2ccc(-c3ccc(C4OCC(CCCCC)CO4)c(F)c3F)cc2)c(F)c1F. The summed E-state index contributed by atoms with van der Waals surface area (Å²) in [6, 6.07) is 12.1. The topological polar surface area (TPSA) is 27.7 Å². The van der Waals surface area contributed by atoms with E-state index in [9.17, 15) is 8.78 Å². The standard InChI is InChI=1S/C35H42F4O3/c1-3-5-7-8-9-11-21-40-30-20-19-28(32(37)34(30)39)26-15-13-25(14-16-26)27-17-18-29(33(38)31(27)36)35-41-22-24(23-42-35)12-10-6-4-2/h13-20,24,35H,3-12,21-23H2,1-2H3. The Morgan fingerprint density at radius 2 is 1.17 bits per heavy atom. The molecule has 3 nitrogen and oxygen atoms in total. The van der Waals surface area contributed by atoms with Gasteiger partial charge in [0.25, 0.3) is 0 Å². The largest absolute Gasteiger partial charge is 0.490 e. The molecule has 1 heterocycles. The third-order valence-corrected chi connectivity index (χ3v) is 7.86. The molecular weight excluding hydrogens is 544 g/mol. The van der Waals surface area contributed by atoms with Gasteiger partial charge in [0, 0.05) is 22.6 Å². The summed E-state index contributed by atoms with van der Waals surface area (Å²) in [6.07, 6.45) is 9.83. The predicted octanol–water partition coefficient (Wildman–Crippen LogP) is 10.6. The molecule has 0 atom stereocenters. The number of halogens is 4. The lowest BCUT2D eigenvalue weighted by atomic mass is 9.98. The summed E-state index contributed by atoms with van der Waals surface area (Å²) in [6.45, 7) is 5.52. The summed E-state index contributed by atoms with van der Waals surface area (Å²) in [7, 11) is 0. The highest BCUT2D eigenvalue weighted by atomic mass is 19.2. The molecule has 3 aromatic rings. The highest BCUT2D eigenvalue weighted by molar-refractivity contribution is 5.71. The van der Waals surface area contributed by atoms with Crippen LogP contribution in [0.15, 0.2) is 48.5 Å². The summed E-state index contributed by atoms with van der Waals surface area (Å²) < 4.78 is 76.9. The predicted molar refractivity (Wildman–Crippen MR) is 158 cm³/mol. The first-order chi connectivity index (χ1) is 20.4. The van der Waals surface area contributed by atoms with Gasteiger partial charge in [-0.05, 0) is 36.1 Å². The van der Waals surface area contributed by atoms with Crippen LogP contribution in [0.5, 0.6) is 5.75 Å². The van der Waals surface area contributed by atoms with Gasteiger partial charge in [0.05, 0.1) is 19.8 Å². The van der Waals surface area contributed by atoms with Crippen molar-refractivity contribution < 1.29 is 31.8 Å². The van der Waals surface area contributed by atoms with E-state index in [-0.39, 0.29) is 28.4 Å². The van der Waals surface area contributed by atoms with Crippen LogP contribution >= 0.6 is 0 Å². The first-order valence-corrected chi connectivity index (χ1v) is 15.4. The zero-order valence-electron chi connectivity index (χ0n) is 24.7. The summed E-state index contributed by atoms with van der Waals surface area (Å²) in [4.78, 5) is 0. The van der Waals surface area contributed by atoms with Crippen LogP contribution in [-0.2, 0) is 9.47 Å². The van der Waals surface area contributed by atoms with Crippen LogP contribution < -0.4 is 4.74 Å². The van der Waals surface area contributed by atoms with Crippen LogP contribution in [-0.4, -0.2) is 19.8 Å². The maximum Gasteiger partial charge on any atom is 0.201 e. The van der Waals surface area contributed by atoms with Gasteiger partial charge in [-0.1, -0.05) is 102 Å². The van der Waals surface area contributed by atoms with E-state index >= 15 is 8.78 Å². The maximum absolute atomic E-state index is 15.2. The van der Waals surface area contributed by atoms with Crippen molar-refractivity contribution in [2.75, 3.05) is 19.8 Å². The third kappa shape index (κ3) is 8.13. The Morgan fingerprint density at radius 1 is 0.619 bits per heavy atom. The second kappa shape index (κ2) is 16.1. The number of hydrogen-bond donors (Lipinski definition) is 0. The molecule has 1 saturated heterocycles. The monoisotopic (exact) mass is 586 g/mol. The number of ether oxygens (including phenoxy) is 3.